The minimum absolute atomic E-state index is 0.161. The second-order valence-corrected chi connectivity index (χ2v) is 7.72. The van der Waals surface area contributed by atoms with Crippen LogP contribution in [0.3, 0.4) is 0 Å². The molecule has 0 radical (unpaired) electrons. The van der Waals surface area contributed by atoms with Gasteiger partial charge in [0.25, 0.3) is 0 Å². The summed E-state index contributed by atoms with van der Waals surface area (Å²) >= 11 is 3.19. The number of carbonyl (C=O) groups is 1. The van der Waals surface area contributed by atoms with Crippen LogP contribution in [0.2, 0.25) is 0 Å². The minimum Gasteiger partial charge on any atom is -0.338 e. The Morgan fingerprint density at radius 1 is 1.50 bits per heavy atom. The quantitative estimate of drug-likeness (QED) is 0.685. The van der Waals surface area contributed by atoms with Crippen molar-refractivity contribution in [2.75, 3.05) is 18.8 Å². The number of thiophene rings is 1. The molecule has 1 aliphatic heterocycles. The molecular formula is C15H20N4OS2. The van der Waals surface area contributed by atoms with Crippen LogP contribution < -0.4 is 5.73 Å². The van der Waals surface area contributed by atoms with E-state index in [0.29, 0.717) is 12.3 Å². The highest BCUT2D eigenvalue weighted by Crippen LogP contribution is 2.34. The zero-order valence-corrected chi connectivity index (χ0v) is 14.5. The largest absolute Gasteiger partial charge is 0.338 e. The van der Waals surface area contributed by atoms with Crippen LogP contribution >= 0.6 is 23.1 Å². The predicted molar refractivity (Wildman–Crippen MR) is 91.4 cm³/mol. The van der Waals surface area contributed by atoms with Crippen LogP contribution in [0.4, 0.5) is 0 Å². The van der Waals surface area contributed by atoms with Gasteiger partial charge in [-0.1, -0.05) is 11.8 Å². The summed E-state index contributed by atoms with van der Waals surface area (Å²) in [5, 5.41) is 2.00. The first-order valence-electron chi connectivity index (χ1n) is 7.45. The number of fused-ring (bicyclic) bond motifs is 1. The van der Waals surface area contributed by atoms with Crippen LogP contribution in [0.25, 0.3) is 10.2 Å². The first-order valence-corrected chi connectivity index (χ1v) is 9.25. The lowest BCUT2D eigenvalue weighted by Gasteiger charge is -2.23. The number of nitrogens with zero attached hydrogens (tertiary/aromatic N) is 3. The summed E-state index contributed by atoms with van der Waals surface area (Å²) in [6.07, 6.45) is 3.66. The second kappa shape index (κ2) is 6.52. The van der Waals surface area contributed by atoms with Crippen LogP contribution in [-0.4, -0.2) is 45.7 Å². The highest BCUT2D eigenvalue weighted by Gasteiger charge is 2.27. The van der Waals surface area contributed by atoms with Gasteiger partial charge in [0.2, 0.25) is 5.91 Å². The van der Waals surface area contributed by atoms with Gasteiger partial charge in [-0.3, -0.25) is 4.79 Å². The molecule has 0 bridgehead atoms. The molecule has 0 aliphatic carbocycles. The van der Waals surface area contributed by atoms with Crippen molar-refractivity contribution in [3.8, 4) is 0 Å². The Bertz CT molecular complexity index is 700. The van der Waals surface area contributed by atoms with Crippen molar-refractivity contribution in [2.45, 2.75) is 37.8 Å². The lowest BCUT2D eigenvalue weighted by molar-refractivity contribution is -0.128. The van der Waals surface area contributed by atoms with Crippen LogP contribution in [0.15, 0.2) is 11.4 Å². The monoisotopic (exact) mass is 336 g/mol. The Hall–Kier alpha value is -1.18. The summed E-state index contributed by atoms with van der Waals surface area (Å²) in [7, 11) is 0. The number of aromatic nitrogens is 2. The van der Waals surface area contributed by atoms with Crippen molar-refractivity contribution in [2.24, 2.45) is 5.73 Å². The predicted octanol–water partition coefficient (Wildman–Crippen LogP) is 2.35. The number of hydrogen-bond donors (Lipinski definition) is 1. The van der Waals surface area contributed by atoms with E-state index in [1.807, 2.05) is 4.90 Å². The highest BCUT2D eigenvalue weighted by molar-refractivity contribution is 8.00. The number of carbonyl (C=O) groups excluding carboxylic acids is 1. The lowest BCUT2D eigenvalue weighted by Crippen LogP contribution is -2.40. The smallest absolute Gasteiger partial charge is 0.233 e. The number of aryl methyl sites for hydroxylation is 2. The van der Waals surface area contributed by atoms with Gasteiger partial charge in [-0.15, -0.1) is 11.3 Å². The van der Waals surface area contributed by atoms with Gasteiger partial charge in [-0.25, -0.2) is 9.97 Å². The van der Waals surface area contributed by atoms with Crippen molar-refractivity contribution < 1.29 is 4.79 Å². The third-order valence-electron chi connectivity index (χ3n) is 4.23. The van der Waals surface area contributed by atoms with Crippen molar-refractivity contribution in [3.63, 3.8) is 0 Å². The van der Waals surface area contributed by atoms with Gasteiger partial charge in [0.1, 0.15) is 16.2 Å². The van der Waals surface area contributed by atoms with Crippen LogP contribution in [-0.2, 0) is 4.79 Å². The highest BCUT2D eigenvalue weighted by atomic mass is 32.2. The average Bonchev–Trinajstić information content (AvgIpc) is 3.10. The Morgan fingerprint density at radius 3 is 3.09 bits per heavy atom. The van der Waals surface area contributed by atoms with Crippen molar-refractivity contribution in [1.29, 1.82) is 0 Å². The Balaban J connectivity index is 1.75. The summed E-state index contributed by atoms with van der Waals surface area (Å²) in [6, 6.07) is 0.212. The molecule has 1 unspecified atom stereocenters. The Morgan fingerprint density at radius 2 is 2.32 bits per heavy atom. The van der Waals surface area contributed by atoms with Gasteiger partial charge in [-0.2, -0.15) is 0 Å². The third kappa shape index (κ3) is 2.85. The molecule has 0 aromatic carbocycles. The second-order valence-electron chi connectivity index (χ2n) is 5.55. The van der Waals surface area contributed by atoms with Crippen molar-refractivity contribution in [1.82, 2.24) is 14.9 Å². The number of thioether (sulfide) groups is 1. The molecule has 7 heteroatoms. The van der Waals surface area contributed by atoms with E-state index in [-0.39, 0.29) is 11.9 Å². The molecular weight excluding hydrogens is 316 g/mol. The topological polar surface area (TPSA) is 72.1 Å². The molecule has 5 nitrogen and oxygen atoms in total. The van der Waals surface area contributed by atoms with Gasteiger partial charge >= 0.3 is 0 Å². The maximum absolute atomic E-state index is 12.4. The van der Waals surface area contributed by atoms with E-state index in [2.05, 4.69) is 23.8 Å². The fraction of sp³-hybridized carbons (Fsp3) is 0.533. The van der Waals surface area contributed by atoms with Gasteiger partial charge in [-0.05, 0) is 32.3 Å². The average molecular weight is 336 g/mol. The Labute approximate surface area is 138 Å². The molecule has 118 valence electrons. The molecule has 1 saturated heterocycles. The van der Waals surface area contributed by atoms with Crippen LogP contribution in [0, 0.1) is 13.8 Å². The standard InChI is InChI=1S/C15H20N4OS2/c1-9-10(2)22-15-13(9)14(17-8-18-15)21-7-12(20)19-5-3-4-11(19)6-16/h8,11H,3-7,16H2,1-2H3. The molecule has 3 rings (SSSR count). The summed E-state index contributed by atoms with van der Waals surface area (Å²) in [6.45, 7) is 5.57. The molecule has 22 heavy (non-hydrogen) atoms. The fourth-order valence-corrected chi connectivity index (χ4v) is 4.88. The molecule has 0 saturated carbocycles. The maximum Gasteiger partial charge on any atom is 0.233 e. The van der Waals surface area contributed by atoms with E-state index in [0.717, 1.165) is 34.6 Å². The molecule has 2 aromatic rings. The molecule has 2 aromatic heterocycles. The van der Waals surface area contributed by atoms with E-state index in [9.17, 15) is 4.79 Å². The summed E-state index contributed by atoms with van der Waals surface area (Å²) in [5.74, 6) is 0.575. The minimum atomic E-state index is 0.161. The molecule has 1 aliphatic rings. The zero-order valence-electron chi connectivity index (χ0n) is 12.8. The number of likely N-dealkylation sites (tertiary alicyclic amines) is 1. The lowest BCUT2D eigenvalue weighted by atomic mass is 10.2. The van der Waals surface area contributed by atoms with E-state index in [4.69, 9.17) is 5.73 Å². The summed E-state index contributed by atoms with van der Waals surface area (Å²) < 4.78 is 0. The van der Waals surface area contributed by atoms with E-state index >= 15 is 0 Å². The van der Waals surface area contributed by atoms with E-state index in [1.165, 1.54) is 22.2 Å². The van der Waals surface area contributed by atoms with Crippen molar-refractivity contribution in [3.05, 3.63) is 16.8 Å². The van der Waals surface area contributed by atoms with Gasteiger partial charge in [0, 0.05) is 29.4 Å². The Kier molecular flexibility index (Phi) is 4.65. The third-order valence-corrected chi connectivity index (χ3v) is 6.32. The van der Waals surface area contributed by atoms with Crippen LogP contribution in [0.1, 0.15) is 23.3 Å². The van der Waals surface area contributed by atoms with Gasteiger partial charge < -0.3 is 10.6 Å². The van der Waals surface area contributed by atoms with E-state index in [1.54, 1.807) is 17.7 Å². The summed E-state index contributed by atoms with van der Waals surface area (Å²) in [5.41, 5.74) is 6.97. The van der Waals surface area contributed by atoms with Crippen molar-refractivity contribution >= 4 is 39.2 Å². The number of nitrogens with two attached hydrogens (primary N) is 1. The number of rotatable bonds is 4. The fourth-order valence-electron chi connectivity index (χ4n) is 2.88. The zero-order chi connectivity index (χ0) is 15.7. The molecule has 1 atom stereocenters. The van der Waals surface area contributed by atoms with Crippen LogP contribution in [0.5, 0.6) is 0 Å². The first-order chi connectivity index (χ1) is 10.6. The summed E-state index contributed by atoms with van der Waals surface area (Å²) in [4.78, 5) is 25.3. The number of hydrogen-bond acceptors (Lipinski definition) is 6. The SMILES string of the molecule is Cc1sc2ncnc(SCC(=O)N3CCCC3CN)c2c1C. The molecule has 0 spiro atoms. The molecule has 1 amide bonds. The molecule has 1 fully saturated rings. The maximum atomic E-state index is 12.4. The van der Waals surface area contributed by atoms with Gasteiger partial charge in [0.05, 0.1) is 5.75 Å². The normalized spacial score (nSPS) is 18.3. The number of amides is 1. The first kappa shape index (κ1) is 15.7. The molecule has 3 heterocycles. The molecule has 2 N–H and O–H groups in total. The van der Waals surface area contributed by atoms with E-state index < -0.39 is 0 Å². The van der Waals surface area contributed by atoms with Gasteiger partial charge in [0.15, 0.2) is 0 Å².